The van der Waals surface area contributed by atoms with Crippen LogP contribution in [0.2, 0.25) is 5.02 Å². The molecular formula is C43H26ClN3O. The number of nitrogens with zero attached hydrogens (tertiary/aromatic N) is 3. The first-order valence-corrected chi connectivity index (χ1v) is 15.6. The highest BCUT2D eigenvalue weighted by molar-refractivity contribution is 6.36. The van der Waals surface area contributed by atoms with Crippen LogP contribution in [0.4, 0.5) is 0 Å². The Bertz CT molecular complexity index is 3010. The Kier molecular flexibility index (Phi) is 5.23. The lowest BCUT2D eigenvalue weighted by atomic mass is 9.91. The summed E-state index contributed by atoms with van der Waals surface area (Å²) in [5.74, 6) is -0.00534. The number of hydrogen-bond donors (Lipinski definition) is 0. The van der Waals surface area contributed by atoms with E-state index in [0.717, 1.165) is 33.0 Å². The number of para-hydroxylation sites is 1. The molecule has 226 valence electrons. The smallest absolute Gasteiger partial charge is 0.164 e. The molecule has 0 aliphatic heterocycles. The third kappa shape index (κ3) is 4.91. The quantitative estimate of drug-likeness (QED) is 0.187. The molecule has 0 saturated heterocycles. The lowest BCUT2D eigenvalue weighted by molar-refractivity contribution is 0.669. The van der Waals surface area contributed by atoms with Crippen LogP contribution in [0.5, 0.6) is 0 Å². The fraction of sp³-hybridized carbons (Fsp3) is 0. The van der Waals surface area contributed by atoms with Gasteiger partial charge in [0, 0.05) is 27.5 Å². The first-order chi connectivity index (χ1) is 26.6. The van der Waals surface area contributed by atoms with Crippen LogP contribution in [-0.4, -0.2) is 15.0 Å². The van der Waals surface area contributed by atoms with E-state index in [2.05, 4.69) is 30.3 Å². The Morgan fingerprint density at radius 2 is 1.25 bits per heavy atom. The Morgan fingerprint density at radius 3 is 2.10 bits per heavy atom. The van der Waals surface area contributed by atoms with E-state index in [9.17, 15) is 0 Å². The molecule has 7 aromatic carbocycles. The molecule has 4 nitrogen and oxygen atoms in total. The van der Waals surface area contributed by atoms with Gasteiger partial charge in [0.05, 0.1) is 14.6 Å². The number of rotatable bonds is 5. The number of halogens is 1. The zero-order chi connectivity index (χ0) is 38.1. The summed E-state index contributed by atoms with van der Waals surface area (Å²) in [6.45, 7) is 0. The van der Waals surface area contributed by atoms with E-state index in [4.69, 9.17) is 40.6 Å². The summed E-state index contributed by atoms with van der Waals surface area (Å²) in [6, 6.07) is 34.1. The highest BCUT2D eigenvalue weighted by atomic mass is 35.5. The Labute approximate surface area is 291 Å². The molecule has 0 atom stereocenters. The minimum atomic E-state index is -0.545. The van der Waals surface area contributed by atoms with Crippen molar-refractivity contribution < 1.29 is 14.0 Å². The van der Waals surface area contributed by atoms with Crippen molar-refractivity contribution in [1.29, 1.82) is 0 Å². The molecule has 0 spiro atoms. The minimum Gasteiger partial charge on any atom is -0.454 e. The van der Waals surface area contributed by atoms with Gasteiger partial charge >= 0.3 is 0 Å². The van der Waals surface area contributed by atoms with Crippen molar-refractivity contribution in [3.8, 4) is 56.4 Å². The lowest BCUT2D eigenvalue weighted by Crippen LogP contribution is -2.01. The van der Waals surface area contributed by atoms with Crippen molar-refractivity contribution in [2.45, 2.75) is 0 Å². The predicted molar refractivity (Wildman–Crippen MR) is 197 cm³/mol. The number of hydrogen-bond acceptors (Lipinski definition) is 4. The van der Waals surface area contributed by atoms with Crippen LogP contribution in [0, 0.1) is 0 Å². The van der Waals surface area contributed by atoms with E-state index in [0.29, 0.717) is 27.5 Å². The fourth-order valence-corrected chi connectivity index (χ4v) is 6.31. The van der Waals surface area contributed by atoms with E-state index in [1.807, 2.05) is 60.7 Å². The number of furan rings is 1. The molecule has 2 aromatic heterocycles. The van der Waals surface area contributed by atoms with Gasteiger partial charge in [-0.1, -0.05) is 145 Å². The van der Waals surface area contributed by atoms with Crippen molar-refractivity contribution in [2.24, 2.45) is 0 Å². The largest absolute Gasteiger partial charge is 0.454 e. The first kappa shape index (κ1) is 21.6. The summed E-state index contributed by atoms with van der Waals surface area (Å²) in [5.41, 5.74) is 5.11. The van der Waals surface area contributed by atoms with Crippen LogP contribution in [0.25, 0.3) is 89.1 Å². The summed E-state index contributed by atoms with van der Waals surface area (Å²) in [5, 5.41) is 3.37. The molecule has 5 heteroatoms. The highest BCUT2D eigenvalue weighted by Crippen LogP contribution is 2.40. The number of benzene rings is 7. The van der Waals surface area contributed by atoms with Crippen molar-refractivity contribution in [3.63, 3.8) is 0 Å². The van der Waals surface area contributed by atoms with Gasteiger partial charge in [-0.05, 0) is 57.3 Å². The van der Waals surface area contributed by atoms with Crippen LogP contribution >= 0.6 is 11.6 Å². The molecule has 2 heterocycles. The SMILES string of the molecule is [2H]c1cc(Cl)c2oc3ccc([2H])c(-c4nc(-c5ccc(-c6ccc7ccccc7c6)c(-c6ccccc6)c5)nc(-c5c([2H])c([2H])c([2H])c([2H])c5[2H])n4)c3c2c1. The van der Waals surface area contributed by atoms with Crippen molar-refractivity contribution in [1.82, 2.24) is 15.0 Å². The molecule has 0 amide bonds. The minimum absolute atomic E-state index is 0.0106. The van der Waals surface area contributed by atoms with E-state index in [-0.39, 0.29) is 45.7 Å². The van der Waals surface area contributed by atoms with E-state index < -0.39 is 30.2 Å². The third-order valence-electron chi connectivity index (χ3n) is 8.35. The Balaban J connectivity index is 1.34. The van der Waals surface area contributed by atoms with Gasteiger partial charge in [-0.15, -0.1) is 0 Å². The highest BCUT2D eigenvalue weighted by Gasteiger charge is 2.19. The topological polar surface area (TPSA) is 51.8 Å². The monoisotopic (exact) mass is 642 g/mol. The average Bonchev–Trinajstić information content (AvgIpc) is 3.58. The summed E-state index contributed by atoms with van der Waals surface area (Å²) in [6.07, 6.45) is 0. The first-order valence-electron chi connectivity index (χ1n) is 18.7. The van der Waals surface area contributed by atoms with E-state index in [1.165, 1.54) is 12.1 Å². The molecule has 0 aliphatic carbocycles. The second kappa shape index (κ2) is 11.6. The molecule has 0 aliphatic rings. The maximum Gasteiger partial charge on any atom is 0.164 e. The number of fused-ring (bicyclic) bond motifs is 4. The third-order valence-corrected chi connectivity index (χ3v) is 8.63. The lowest BCUT2D eigenvalue weighted by Gasteiger charge is -2.14. The van der Waals surface area contributed by atoms with Gasteiger partial charge in [-0.3, -0.25) is 0 Å². The molecule has 0 bridgehead atoms. The van der Waals surface area contributed by atoms with Gasteiger partial charge in [0.25, 0.3) is 0 Å². The van der Waals surface area contributed by atoms with Gasteiger partial charge < -0.3 is 4.42 Å². The van der Waals surface area contributed by atoms with Gasteiger partial charge in [-0.25, -0.2) is 15.0 Å². The maximum atomic E-state index is 9.09. The predicted octanol–water partition coefficient (Wildman–Crippen LogP) is 11.9. The van der Waals surface area contributed by atoms with E-state index >= 15 is 0 Å². The normalized spacial score (nSPS) is 13.5. The zero-order valence-corrected chi connectivity index (χ0v) is 25.9. The molecular weight excluding hydrogens is 610 g/mol. The van der Waals surface area contributed by atoms with Crippen LogP contribution in [0.1, 0.15) is 9.60 Å². The molecule has 0 unspecified atom stereocenters. The van der Waals surface area contributed by atoms with Crippen LogP contribution in [0.15, 0.2) is 162 Å². The summed E-state index contributed by atoms with van der Waals surface area (Å²) < 4.78 is 66.1. The second-order valence-corrected chi connectivity index (χ2v) is 11.6. The van der Waals surface area contributed by atoms with E-state index in [1.54, 1.807) is 12.1 Å². The Hall–Kier alpha value is -6.10. The second-order valence-electron chi connectivity index (χ2n) is 11.2. The van der Waals surface area contributed by atoms with Gasteiger partial charge in [0.2, 0.25) is 0 Å². The molecule has 9 rings (SSSR count). The molecule has 48 heavy (non-hydrogen) atoms. The summed E-state index contributed by atoms with van der Waals surface area (Å²) in [4.78, 5) is 14.4. The molecule has 0 radical (unpaired) electrons. The summed E-state index contributed by atoms with van der Waals surface area (Å²) in [7, 11) is 0. The van der Waals surface area contributed by atoms with Crippen molar-refractivity contribution in [2.75, 3.05) is 0 Å². The van der Waals surface area contributed by atoms with Gasteiger partial charge in [0.15, 0.2) is 23.1 Å². The fourth-order valence-electron chi connectivity index (χ4n) is 6.10. The number of aromatic nitrogens is 3. The summed E-state index contributed by atoms with van der Waals surface area (Å²) >= 11 is 6.52. The van der Waals surface area contributed by atoms with Crippen LogP contribution < -0.4 is 0 Å². The standard InChI is InChI=1S/C43H26ClN3O/c44-37-19-9-17-34-39-35(18-10-20-38(39)48-40(34)37)43-46-41(29-14-5-2-6-15-29)45-42(47-43)32-23-24-33(36(26-32)28-12-3-1-4-13-28)31-22-21-27-11-7-8-16-30(27)25-31/h1-26H/i2D,5D,6D,9D,14D,15D,18D. The van der Waals surface area contributed by atoms with Crippen LogP contribution in [0.3, 0.4) is 0 Å². The molecule has 0 N–H and O–H groups in total. The van der Waals surface area contributed by atoms with Crippen LogP contribution in [-0.2, 0) is 0 Å². The zero-order valence-electron chi connectivity index (χ0n) is 32.1. The molecule has 0 saturated carbocycles. The van der Waals surface area contributed by atoms with Crippen molar-refractivity contribution >= 4 is 44.3 Å². The van der Waals surface area contributed by atoms with Gasteiger partial charge in [-0.2, -0.15) is 0 Å². The van der Waals surface area contributed by atoms with Crippen molar-refractivity contribution in [3.05, 3.63) is 163 Å². The van der Waals surface area contributed by atoms with Gasteiger partial charge in [0.1, 0.15) is 5.58 Å². The average molecular weight is 643 g/mol. The molecule has 0 fully saturated rings. The Morgan fingerprint density at radius 1 is 0.500 bits per heavy atom. The molecule has 9 aromatic rings. The maximum absolute atomic E-state index is 9.09.